The summed E-state index contributed by atoms with van der Waals surface area (Å²) in [4.78, 5) is 25.8. The fourth-order valence-corrected chi connectivity index (χ4v) is 1.40. The SMILES string of the molecule is CCNC(=O)C(C)Nc1ncc(C)cc1[N+](=O)[O-]. The number of nitro groups is 1. The number of anilines is 1. The monoisotopic (exact) mass is 252 g/mol. The van der Waals surface area contributed by atoms with Gasteiger partial charge in [-0.15, -0.1) is 0 Å². The minimum atomic E-state index is -0.584. The summed E-state index contributed by atoms with van der Waals surface area (Å²) >= 11 is 0. The minimum Gasteiger partial charge on any atom is -0.355 e. The molecule has 0 spiro atoms. The highest BCUT2D eigenvalue weighted by atomic mass is 16.6. The van der Waals surface area contributed by atoms with Gasteiger partial charge in [-0.25, -0.2) is 4.98 Å². The molecular weight excluding hydrogens is 236 g/mol. The maximum atomic E-state index is 11.5. The van der Waals surface area contributed by atoms with Crippen molar-refractivity contribution in [1.82, 2.24) is 10.3 Å². The van der Waals surface area contributed by atoms with Gasteiger partial charge in [0.05, 0.1) is 4.92 Å². The second kappa shape index (κ2) is 5.95. The minimum absolute atomic E-state index is 0.101. The second-order valence-corrected chi connectivity index (χ2v) is 3.90. The fraction of sp³-hybridized carbons (Fsp3) is 0.455. The Morgan fingerprint density at radius 3 is 2.83 bits per heavy atom. The molecule has 7 heteroatoms. The van der Waals surface area contributed by atoms with E-state index in [0.29, 0.717) is 12.1 Å². The Kier molecular flexibility index (Phi) is 4.59. The van der Waals surface area contributed by atoms with E-state index in [-0.39, 0.29) is 17.4 Å². The van der Waals surface area contributed by atoms with Gasteiger partial charge in [-0.3, -0.25) is 14.9 Å². The number of likely N-dealkylation sites (N-methyl/N-ethyl adjacent to an activating group) is 1. The molecule has 2 N–H and O–H groups in total. The number of carbonyl (C=O) groups excluding carboxylic acids is 1. The van der Waals surface area contributed by atoms with Crippen molar-refractivity contribution in [2.24, 2.45) is 0 Å². The van der Waals surface area contributed by atoms with Gasteiger partial charge in [-0.05, 0) is 26.3 Å². The number of hydrogen-bond acceptors (Lipinski definition) is 5. The average Bonchev–Trinajstić information content (AvgIpc) is 2.31. The van der Waals surface area contributed by atoms with E-state index in [0.717, 1.165) is 0 Å². The predicted octanol–water partition coefficient (Wildman–Crippen LogP) is 1.23. The quantitative estimate of drug-likeness (QED) is 0.607. The molecule has 18 heavy (non-hydrogen) atoms. The largest absolute Gasteiger partial charge is 0.355 e. The van der Waals surface area contributed by atoms with Gasteiger partial charge in [0.25, 0.3) is 0 Å². The van der Waals surface area contributed by atoms with Crippen LogP contribution in [0.3, 0.4) is 0 Å². The molecule has 1 aromatic rings. The molecular formula is C11H16N4O3. The molecule has 98 valence electrons. The number of nitrogens with zero attached hydrogens (tertiary/aromatic N) is 2. The second-order valence-electron chi connectivity index (χ2n) is 3.90. The highest BCUT2D eigenvalue weighted by Crippen LogP contribution is 2.22. The zero-order valence-corrected chi connectivity index (χ0v) is 10.6. The Morgan fingerprint density at radius 2 is 2.28 bits per heavy atom. The van der Waals surface area contributed by atoms with Crippen LogP contribution < -0.4 is 10.6 Å². The molecule has 0 aliphatic carbocycles. The Labute approximate surface area is 105 Å². The van der Waals surface area contributed by atoms with Crippen LogP contribution in [0.5, 0.6) is 0 Å². The summed E-state index contributed by atoms with van der Waals surface area (Å²) in [5.41, 5.74) is 0.559. The van der Waals surface area contributed by atoms with Gasteiger partial charge >= 0.3 is 5.69 Å². The summed E-state index contributed by atoms with van der Waals surface area (Å²) in [5.74, 6) is -0.126. The smallest absolute Gasteiger partial charge is 0.311 e. The molecule has 0 saturated carbocycles. The number of rotatable bonds is 5. The Morgan fingerprint density at radius 1 is 1.61 bits per heavy atom. The highest BCUT2D eigenvalue weighted by molar-refractivity contribution is 5.84. The van der Waals surface area contributed by atoms with Gasteiger partial charge in [0.15, 0.2) is 0 Å². The van der Waals surface area contributed by atoms with Crippen LogP contribution in [0.15, 0.2) is 12.3 Å². The zero-order valence-electron chi connectivity index (χ0n) is 10.6. The van der Waals surface area contributed by atoms with Crippen LogP contribution in [0.1, 0.15) is 19.4 Å². The van der Waals surface area contributed by atoms with E-state index < -0.39 is 11.0 Å². The molecule has 1 amide bonds. The first kappa shape index (κ1) is 13.9. The molecule has 0 radical (unpaired) electrons. The maximum Gasteiger partial charge on any atom is 0.311 e. The third-order valence-electron chi connectivity index (χ3n) is 2.30. The highest BCUT2D eigenvalue weighted by Gasteiger charge is 2.19. The van der Waals surface area contributed by atoms with Crippen LogP contribution in [-0.4, -0.2) is 28.4 Å². The summed E-state index contributed by atoms with van der Waals surface area (Å²) in [6.45, 7) is 5.65. The molecule has 0 fully saturated rings. The molecule has 1 aromatic heterocycles. The van der Waals surface area contributed by atoms with Crippen molar-refractivity contribution in [2.45, 2.75) is 26.8 Å². The summed E-state index contributed by atoms with van der Waals surface area (Å²) in [5, 5.41) is 16.2. The van der Waals surface area contributed by atoms with Gasteiger partial charge < -0.3 is 10.6 Å². The van der Waals surface area contributed by atoms with Crippen LogP contribution in [0.2, 0.25) is 0 Å². The molecule has 1 unspecified atom stereocenters. The van der Waals surface area contributed by atoms with Gasteiger partial charge in [-0.1, -0.05) is 0 Å². The van der Waals surface area contributed by atoms with Crippen molar-refractivity contribution in [2.75, 3.05) is 11.9 Å². The summed E-state index contributed by atoms with van der Waals surface area (Å²) in [6.07, 6.45) is 1.51. The maximum absolute atomic E-state index is 11.5. The molecule has 0 aromatic carbocycles. The van der Waals surface area contributed by atoms with Crippen molar-refractivity contribution in [1.29, 1.82) is 0 Å². The summed E-state index contributed by atoms with van der Waals surface area (Å²) < 4.78 is 0. The molecule has 1 atom stereocenters. The van der Waals surface area contributed by atoms with Gasteiger partial charge in [-0.2, -0.15) is 0 Å². The van der Waals surface area contributed by atoms with Crippen molar-refractivity contribution in [3.63, 3.8) is 0 Å². The van der Waals surface area contributed by atoms with Gasteiger partial charge in [0, 0.05) is 18.8 Å². The van der Waals surface area contributed by atoms with Crippen LogP contribution in [-0.2, 0) is 4.79 Å². The van der Waals surface area contributed by atoms with Gasteiger partial charge in [0.1, 0.15) is 6.04 Å². The van der Waals surface area contributed by atoms with E-state index in [2.05, 4.69) is 15.6 Å². The first-order valence-electron chi connectivity index (χ1n) is 5.61. The standard InChI is InChI=1S/C11H16N4O3/c1-4-12-11(16)8(3)14-10-9(15(17)18)5-7(2)6-13-10/h5-6,8H,4H2,1-3H3,(H,12,16)(H,13,14). The topological polar surface area (TPSA) is 97.2 Å². The molecule has 1 heterocycles. The molecule has 1 rings (SSSR count). The lowest BCUT2D eigenvalue weighted by Crippen LogP contribution is -2.37. The molecule has 0 aliphatic heterocycles. The lowest BCUT2D eigenvalue weighted by Gasteiger charge is -2.13. The first-order chi connectivity index (χ1) is 8.45. The summed E-state index contributed by atoms with van der Waals surface area (Å²) in [7, 11) is 0. The first-order valence-corrected chi connectivity index (χ1v) is 5.61. The van der Waals surface area contributed by atoms with E-state index in [4.69, 9.17) is 0 Å². The molecule has 7 nitrogen and oxygen atoms in total. The zero-order chi connectivity index (χ0) is 13.7. The van der Waals surface area contributed by atoms with Crippen molar-refractivity contribution >= 4 is 17.4 Å². The molecule has 0 aliphatic rings. The van der Waals surface area contributed by atoms with E-state index >= 15 is 0 Å². The number of nitrogens with one attached hydrogen (secondary N) is 2. The number of aryl methyl sites for hydroxylation is 1. The molecule has 0 bridgehead atoms. The lowest BCUT2D eigenvalue weighted by molar-refractivity contribution is -0.384. The number of amides is 1. The van der Waals surface area contributed by atoms with Crippen molar-refractivity contribution in [3.05, 3.63) is 27.9 Å². The van der Waals surface area contributed by atoms with Gasteiger partial charge in [0.2, 0.25) is 11.7 Å². The van der Waals surface area contributed by atoms with Crippen LogP contribution in [0.25, 0.3) is 0 Å². The van der Waals surface area contributed by atoms with E-state index in [1.165, 1.54) is 12.3 Å². The van der Waals surface area contributed by atoms with Crippen molar-refractivity contribution < 1.29 is 9.72 Å². The van der Waals surface area contributed by atoms with Crippen molar-refractivity contribution in [3.8, 4) is 0 Å². The van der Waals surface area contributed by atoms with Crippen LogP contribution >= 0.6 is 0 Å². The Balaban J connectivity index is 2.90. The lowest BCUT2D eigenvalue weighted by atomic mass is 10.2. The van der Waals surface area contributed by atoms with Crippen LogP contribution in [0, 0.1) is 17.0 Å². The van der Waals surface area contributed by atoms with E-state index in [1.54, 1.807) is 20.8 Å². The predicted molar refractivity (Wildman–Crippen MR) is 67.4 cm³/mol. The normalized spacial score (nSPS) is 11.7. The summed E-state index contributed by atoms with van der Waals surface area (Å²) in [6, 6.07) is 0.832. The third-order valence-corrected chi connectivity index (χ3v) is 2.30. The van der Waals surface area contributed by atoms with E-state index in [9.17, 15) is 14.9 Å². The Hall–Kier alpha value is -2.18. The fourth-order valence-electron chi connectivity index (χ4n) is 1.40. The number of hydrogen-bond donors (Lipinski definition) is 2. The average molecular weight is 252 g/mol. The third kappa shape index (κ3) is 3.41. The van der Waals surface area contributed by atoms with Crippen LogP contribution in [0.4, 0.5) is 11.5 Å². The number of aromatic nitrogens is 1. The number of pyridine rings is 1. The number of carbonyl (C=O) groups is 1. The van der Waals surface area contributed by atoms with E-state index in [1.807, 2.05) is 0 Å². The Bertz CT molecular complexity index is 462. The molecule has 0 saturated heterocycles.